The number of aryl methyl sites for hydroxylation is 1. The zero-order valence-corrected chi connectivity index (χ0v) is 12.4. The summed E-state index contributed by atoms with van der Waals surface area (Å²) in [6.07, 6.45) is 6.08. The fraction of sp³-hybridized carbons (Fsp3) is 0.583. The Morgan fingerprint density at radius 3 is 3.05 bits per heavy atom. The number of likely N-dealkylation sites (tertiary alicyclic amines) is 1. The zero-order valence-electron chi connectivity index (χ0n) is 10.8. The highest BCUT2D eigenvalue weighted by Crippen LogP contribution is 2.29. The van der Waals surface area contributed by atoms with Gasteiger partial charge >= 0.3 is 0 Å². The first-order valence-corrected chi connectivity index (χ1v) is 7.24. The van der Waals surface area contributed by atoms with Crippen molar-refractivity contribution >= 4 is 15.9 Å². The predicted octanol–water partition coefficient (Wildman–Crippen LogP) is 2.17. The van der Waals surface area contributed by atoms with E-state index >= 15 is 0 Å². The average Bonchev–Trinajstić information content (AvgIpc) is 3.07. The second-order valence-electron chi connectivity index (χ2n) is 4.79. The Labute approximate surface area is 119 Å². The Morgan fingerprint density at radius 1 is 1.47 bits per heavy atom. The van der Waals surface area contributed by atoms with E-state index in [1.807, 2.05) is 24.0 Å². The molecule has 0 spiro atoms. The SMILES string of the molecule is Cc1nc([C@@H]2CCCN2CCn2cc(Br)cn2)no1. The van der Waals surface area contributed by atoms with Crippen LogP contribution in [0.3, 0.4) is 0 Å². The maximum Gasteiger partial charge on any atom is 0.223 e. The normalized spacial score (nSPS) is 20.2. The molecule has 0 N–H and O–H groups in total. The molecule has 102 valence electrons. The number of hydrogen-bond donors (Lipinski definition) is 0. The van der Waals surface area contributed by atoms with Gasteiger partial charge in [0.1, 0.15) is 0 Å². The summed E-state index contributed by atoms with van der Waals surface area (Å²) in [6.45, 7) is 4.74. The molecule has 1 aliphatic rings. The van der Waals surface area contributed by atoms with E-state index in [1.54, 1.807) is 0 Å². The monoisotopic (exact) mass is 325 g/mol. The molecule has 3 rings (SSSR count). The number of aromatic nitrogens is 4. The van der Waals surface area contributed by atoms with Crippen molar-refractivity contribution in [3.8, 4) is 0 Å². The maximum absolute atomic E-state index is 5.08. The summed E-state index contributed by atoms with van der Waals surface area (Å²) in [6, 6.07) is 0.288. The second-order valence-corrected chi connectivity index (χ2v) is 5.70. The van der Waals surface area contributed by atoms with Crippen LogP contribution in [0.5, 0.6) is 0 Å². The van der Waals surface area contributed by atoms with E-state index in [1.165, 1.54) is 6.42 Å². The van der Waals surface area contributed by atoms with E-state index in [0.717, 1.165) is 36.4 Å². The van der Waals surface area contributed by atoms with Gasteiger partial charge in [0.2, 0.25) is 5.89 Å². The molecule has 0 aromatic carbocycles. The van der Waals surface area contributed by atoms with Crippen LogP contribution in [-0.2, 0) is 6.54 Å². The Bertz CT molecular complexity index is 552. The summed E-state index contributed by atoms with van der Waals surface area (Å²) < 4.78 is 8.04. The highest BCUT2D eigenvalue weighted by molar-refractivity contribution is 9.10. The third-order valence-electron chi connectivity index (χ3n) is 3.42. The van der Waals surface area contributed by atoms with Gasteiger partial charge < -0.3 is 4.52 Å². The standard InChI is InChI=1S/C12H16BrN5O/c1-9-15-12(16-19-9)11-3-2-4-17(11)5-6-18-8-10(13)7-14-18/h7-8,11H,2-6H2,1H3/t11-/m0/s1. The Hall–Kier alpha value is -1.21. The van der Waals surface area contributed by atoms with Gasteiger partial charge in [0, 0.05) is 19.7 Å². The van der Waals surface area contributed by atoms with Gasteiger partial charge in [-0.3, -0.25) is 9.58 Å². The van der Waals surface area contributed by atoms with E-state index in [2.05, 4.69) is 36.1 Å². The van der Waals surface area contributed by atoms with Gasteiger partial charge in [0.15, 0.2) is 5.82 Å². The van der Waals surface area contributed by atoms with E-state index in [4.69, 9.17) is 4.52 Å². The summed E-state index contributed by atoms with van der Waals surface area (Å²) in [5.41, 5.74) is 0. The van der Waals surface area contributed by atoms with Crippen molar-refractivity contribution in [1.82, 2.24) is 24.8 Å². The molecule has 0 amide bonds. The quantitative estimate of drug-likeness (QED) is 0.862. The van der Waals surface area contributed by atoms with Gasteiger partial charge in [-0.05, 0) is 35.3 Å². The molecular weight excluding hydrogens is 310 g/mol. The number of nitrogens with zero attached hydrogens (tertiary/aromatic N) is 5. The van der Waals surface area contributed by atoms with E-state index in [9.17, 15) is 0 Å². The minimum Gasteiger partial charge on any atom is -0.340 e. The van der Waals surface area contributed by atoms with E-state index < -0.39 is 0 Å². The minimum atomic E-state index is 0.288. The summed E-state index contributed by atoms with van der Waals surface area (Å²) in [5, 5.41) is 8.32. The molecule has 0 unspecified atom stereocenters. The first-order valence-electron chi connectivity index (χ1n) is 6.44. The fourth-order valence-corrected chi connectivity index (χ4v) is 2.86. The van der Waals surface area contributed by atoms with Crippen molar-refractivity contribution in [3.05, 3.63) is 28.6 Å². The van der Waals surface area contributed by atoms with Crippen molar-refractivity contribution in [2.24, 2.45) is 0 Å². The van der Waals surface area contributed by atoms with Gasteiger partial charge in [0.25, 0.3) is 0 Å². The topological polar surface area (TPSA) is 60.0 Å². The van der Waals surface area contributed by atoms with Crippen LogP contribution in [0.1, 0.15) is 30.6 Å². The van der Waals surface area contributed by atoms with Crippen LogP contribution in [0, 0.1) is 6.92 Å². The zero-order chi connectivity index (χ0) is 13.2. The highest BCUT2D eigenvalue weighted by Gasteiger charge is 2.29. The molecular formula is C12H16BrN5O. The molecule has 1 fully saturated rings. The lowest BCUT2D eigenvalue weighted by atomic mass is 10.2. The van der Waals surface area contributed by atoms with Crippen LogP contribution in [0.25, 0.3) is 0 Å². The molecule has 1 atom stereocenters. The van der Waals surface area contributed by atoms with Crippen LogP contribution >= 0.6 is 15.9 Å². The van der Waals surface area contributed by atoms with Crippen LogP contribution in [0.4, 0.5) is 0 Å². The van der Waals surface area contributed by atoms with Gasteiger partial charge in [0.05, 0.1) is 23.3 Å². The van der Waals surface area contributed by atoms with Gasteiger partial charge in [-0.2, -0.15) is 10.1 Å². The maximum atomic E-state index is 5.08. The van der Waals surface area contributed by atoms with Crippen LogP contribution < -0.4 is 0 Å². The first-order chi connectivity index (χ1) is 9.22. The van der Waals surface area contributed by atoms with Crippen LogP contribution in [-0.4, -0.2) is 37.9 Å². The molecule has 0 aliphatic carbocycles. The molecule has 2 aromatic heterocycles. The third-order valence-corrected chi connectivity index (χ3v) is 3.83. The Morgan fingerprint density at radius 2 is 2.37 bits per heavy atom. The smallest absolute Gasteiger partial charge is 0.223 e. The first kappa shape index (κ1) is 12.8. The van der Waals surface area contributed by atoms with Crippen LogP contribution in [0.15, 0.2) is 21.4 Å². The molecule has 6 nitrogen and oxygen atoms in total. The largest absolute Gasteiger partial charge is 0.340 e. The predicted molar refractivity (Wildman–Crippen MR) is 72.5 cm³/mol. The Kier molecular flexibility index (Phi) is 3.65. The van der Waals surface area contributed by atoms with Crippen LogP contribution in [0.2, 0.25) is 0 Å². The molecule has 0 bridgehead atoms. The molecule has 19 heavy (non-hydrogen) atoms. The molecule has 0 radical (unpaired) electrons. The Balaban J connectivity index is 1.63. The second kappa shape index (κ2) is 5.42. The molecule has 3 heterocycles. The lowest BCUT2D eigenvalue weighted by Crippen LogP contribution is -2.28. The number of halogens is 1. The molecule has 2 aromatic rings. The highest BCUT2D eigenvalue weighted by atomic mass is 79.9. The minimum absolute atomic E-state index is 0.288. The van der Waals surface area contributed by atoms with Gasteiger partial charge in [-0.1, -0.05) is 5.16 Å². The van der Waals surface area contributed by atoms with Crippen molar-refractivity contribution in [2.45, 2.75) is 32.4 Å². The van der Waals surface area contributed by atoms with Crippen molar-refractivity contribution in [2.75, 3.05) is 13.1 Å². The summed E-state index contributed by atoms with van der Waals surface area (Å²) >= 11 is 3.41. The van der Waals surface area contributed by atoms with Gasteiger partial charge in [-0.15, -0.1) is 0 Å². The van der Waals surface area contributed by atoms with Crippen molar-refractivity contribution < 1.29 is 4.52 Å². The number of rotatable bonds is 4. The van der Waals surface area contributed by atoms with Crippen molar-refractivity contribution in [1.29, 1.82) is 0 Å². The molecule has 1 aliphatic heterocycles. The summed E-state index contributed by atoms with van der Waals surface area (Å²) in [7, 11) is 0. The third kappa shape index (κ3) is 2.87. The summed E-state index contributed by atoms with van der Waals surface area (Å²) in [4.78, 5) is 6.76. The van der Waals surface area contributed by atoms with Crippen molar-refractivity contribution in [3.63, 3.8) is 0 Å². The van der Waals surface area contributed by atoms with E-state index in [-0.39, 0.29) is 6.04 Å². The average molecular weight is 326 g/mol. The molecule has 7 heteroatoms. The lowest BCUT2D eigenvalue weighted by molar-refractivity contribution is 0.230. The fourth-order valence-electron chi connectivity index (χ4n) is 2.53. The van der Waals surface area contributed by atoms with Gasteiger partial charge in [-0.25, -0.2) is 0 Å². The lowest BCUT2D eigenvalue weighted by Gasteiger charge is -2.21. The molecule has 1 saturated heterocycles. The number of hydrogen-bond acceptors (Lipinski definition) is 5. The van der Waals surface area contributed by atoms with E-state index in [0.29, 0.717) is 5.89 Å². The molecule has 0 saturated carbocycles. The summed E-state index contributed by atoms with van der Waals surface area (Å²) in [5.74, 6) is 1.45.